The van der Waals surface area contributed by atoms with E-state index < -0.39 is 5.41 Å². The number of nitrogens with two attached hydrogens (primary N) is 1. The smallest absolute Gasteiger partial charge is 0.239 e. The third-order valence-corrected chi connectivity index (χ3v) is 5.02. The average Bonchev–Trinajstić information content (AvgIpc) is 2.56. The van der Waals surface area contributed by atoms with Crippen molar-refractivity contribution in [3.8, 4) is 0 Å². The van der Waals surface area contributed by atoms with Gasteiger partial charge in [0.25, 0.3) is 0 Å². The van der Waals surface area contributed by atoms with E-state index in [1.807, 2.05) is 31.2 Å². The monoisotopic (exact) mass is 316 g/mol. The summed E-state index contributed by atoms with van der Waals surface area (Å²) in [6.07, 6.45) is 5.99. The molecule has 1 unspecified atom stereocenters. The van der Waals surface area contributed by atoms with Crippen LogP contribution in [0, 0.1) is 0 Å². The van der Waals surface area contributed by atoms with Gasteiger partial charge in [0.1, 0.15) is 0 Å². The van der Waals surface area contributed by atoms with Gasteiger partial charge in [0.15, 0.2) is 0 Å². The zero-order valence-electron chi connectivity index (χ0n) is 14.3. The lowest BCUT2D eigenvalue weighted by molar-refractivity contribution is -0.153. The number of hydrogen-bond donors (Lipinski definition) is 1. The van der Waals surface area contributed by atoms with Gasteiger partial charge in [0.2, 0.25) is 11.8 Å². The normalized spacial score (nSPS) is 21.7. The molecule has 2 amide bonds. The maximum atomic E-state index is 13.1. The number of hydrogen-bond acceptors (Lipinski definition) is 3. The minimum atomic E-state index is -0.577. The summed E-state index contributed by atoms with van der Waals surface area (Å²) in [6.45, 7) is 4.73. The van der Waals surface area contributed by atoms with Crippen LogP contribution in [0.1, 0.15) is 64.4 Å². The molecule has 0 radical (unpaired) electrons. The van der Waals surface area contributed by atoms with Crippen LogP contribution >= 0.6 is 0 Å². The van der Waals surface area contributed by atoms with Crippen molar-refractivity contribution < 1.29 is 9.59 Å². The summed E-state index contributed by atoms with van der Waals surface area (Å²) in [5, 5.41) is 0. The zero-order valence-corrected chi connectivity index (χ0v) is 14.3. The van der Waals surface area contributed by atoms with Gasteiger partial charge in [-0.3, -0.25) is 14.5 Å². The zero-order chi connectivity index (χ0) is 16.9. The van der Waals surface area contributed by atoms with E-state index in [1.54, 1.807) is 0 Å². The van der Waals surface area contributed by atoms with Gasteiger partial charge in [-0.2, -0.15) is 0 Å². The van der Waals surface area contributed by atoms with Crippen molar-refractivity contribution in [1.29, 1.82) is 0 Å². The van der Waals surface area contributed by atoms with Crippen LogP contribution in [-0.4, -0.2) is 23.3 Å². The lowest BCUT2D eigenvalue weighted by atomic mass is 9.71. The molecule has 2 N–H and O–H groups in total. The third kappa shape index (κ3) is 3.57. The average molecular weight is 316 g/mol. The summed E-state index contributed by atoms with van der Waals surface area (Å²) < 4.78 is 0. The molecule has 1 aromatic rings. The van der Waals surface area contributed by atoms with E-state index >= 15 is 0 Å². The van der Waals surface area contributed by atoms with E-state index in [0.717, 1.165) is 31.2 Å². The van der Waals surface area contributed by atoms with Crippen molar-refractivity contribution in [2.24, 2.45) is 0 Å². The first-order chi connectivity index (χ1) is 11.0. The van der Waals surface area contributed by atoms with Crippen LogP contribution in [-0.2, 0) is 15.0 Å². The number of carbonyl (C=O) groups is 2. The van der Waals surface area contributed by atoms with E-state index in [9.17, 15) is 9.59 Å². The van der Waals surface area contributed by atoms with Gasteiger partial charge >= 0.3 is 0 Å². The standard InChI is InChI=1S/C19H28N2O2/c1-3-5-6-7-14-21-17(22)12-13-19(4-2,18(21)23)15-8-10-16(20)11-9-15/h8-11H,3-7,12-14,20H2,1-2H3. The summed E-state index contributed by atoms with van der Waals surface area (Å²) in [5.41, 5.74) is 6.86. The Morgan fingerprint density at radius 1 is 1.09 bits per heavy atom. The molecular weight excluding hydrogens is 288 g/mol. The highest BCUT2D eigenvalue weighted by Gasteiger charge is 2.46. The molecule has 0 aromatic heterocycles. The van der Waals surface area contributed by atoms with Crippen molar-refractivity contribution in [3.63, 3.8) is 0 Å². The first-order valence-electron chi connectivity index (χ1n) is 8.76. The summed E-state index contributed by atoms with van der Waals surface area (Å²) in [7, 11) is 0. The first-order valence-corrected chi connectivity index (χ1v) is 8.76. The summed E-state index contributed by atoms with van der Waals surface area (Å²) in [5.74, 6) is -0.0523. The fraction of sp³-hybridized carbons (Fsp3) is 0.579. The van der Waals surface area contributed by atoms with Crippen LogP contribution < -0.4 is 5.73 Å². The fourth-order valence-electron chi connectivity index (χ4n) is 3.46. The molecule has 23 heavy (non-hydrogen) atoms. The highest BCUT2D eigenvalue weighted by molar-refractivity contribution is 6.03. The van der Waals surface area contributed by atoms with E-state index in [0.29, 0.717) is 31.5 Å². The molecule has 1 fully saturated rings. The maximum Gasteiger partial charge on any atom is 0.239 e. The van der Waals surface area contributed by atoms with E-state index in [1.165, 1.54) is 4.90 Å². The molecule has 4 heteroatoms. The Balaban J connectivity index is 2.21. The Morgan fingerprint density at radius 3 is 2.39 bits per heavy atom. The molecule has 1 saturated heterocycles. The van der Waals surface area contributed by atoms with Gasteiger partial charge in [0.05, 0.1) is 5.41 Å². The number of unbranched alkanes of at least 4 members (excludes halogenated alkanes) is 3. The van der Waals surface area contributed by atoms with Gasteiger partial charge in [-0.15, -0.1) is 0 Å². The number of carbonyl (C=O) groups excluding carboxylic acids is 2. The van der Waals surface area contributed by atoms with Gasteiger partial charge < -0.3 is 5.73 Å². The van der Waals surface area contributed by atoms with Gasteiger partial charge in [-0.05, 0) is 37.0 Å². The highest BCUT2D eigenvalue weighted by atomic mass is 16.2. The molecule has 126 valence electrons. The quantitative estimate of drug-likeness (QED) is 0.474. The van der Waals surface area contributed by atoms with Crippen molar-refractivity contribution >= 4 is 17.5 Å². The Kier molecular flexibility index (Phi) is 5.80. The van der Waals surface area contributed by atoms with Crippen LogP contribution in [0.15, 0.2) is 24.3 Å². The van der Waals surface area contributed by atoms with Crippen LogP contribution in [0.2, 0.25) is 0 Å². The molecule has 1 aliphatic rings. The number of nitrogens with zero attached hydrogens (tertiary/aromatic N) is 1. The van der Waals surface area contributed by atoms with E-state index in [2.05, 4.69) is 6.92 Å². The lowest BCUT2D eigenvalue weighted by Crippen LogP contribution is -2.54. The summed E-state index contributed by atoms with van der Waals surface area (Å²) >= 11 is 0. The van der Waals surface area contributed by atoms with E-state index in [4.69, 9.17) is 5.73 Å². The number of rotatable bonds is 7. The number of likely N-dealkylation sites (tertiary alicyclic amines) is 1. The van der Waals surface area contributed by atoms with Crippen molar-refractivity contribution in [2.75, 3.05) is 12.3 Å². The van der Waals surface area contributed by atoms with Gasteiger partial charge in [0, 0.05) is 18.7 Å². The third-order valence-electron chi connectivity index (χ3n) is 5.02. The van der Waals surface area contributed by atoms with Crippen LogP contribution in [0.25, 0.3) is 0 Å². The van der Waals surface area contributed by atoms with Gasteiger partial charge in [-0.25, -0.2) is 0 Å². The van der Waals surface area contributed by atoms with E-state index in [-0.39, 0.29) is 11.8 Å². The van der Waals surface area contributed by atoms with Crippen molar-refractivity contribution in [3.05, 3.63) is 29.8 Å². The molecule has 4 nitrogen and oxygen atoms in total. The predicted molar refractivity (Wildman–Crippen MR) is 92.9 cm³/mol. The largest absolute Gasteiger partial charge is 0.399 e. The SMILES string of the molecule is CCCCCCN1C(=O)CCC(CC)(c2ccc(N)cc2)C1=O. The Hall–Kier alpha value is -1.84. The first kappa shape index (κ1) is 17.5. The van der Waals surface area contributed by atoms with Gasteiger partial charge in [-0.1, -0.05) is 45.2 Å². The second-order valence-corrected chi connectivity index (χ2v) is 6.47. The molecular formula is C19H28N2O2. The van der Waals surface area contributed by atoms with Crippen molar-refractivity contribution in [2.45, 2.75) is 64.2 Å². The minimum Gasteiger partial charge on any atom is -0.399 e. The Morgan fingerprint density at radius 2 is 1.78 bits per heavy atom. The summed E-state index contributed by atoms with van der Waals surface area (Å²) in [4.78, 5) is 26.9. The molecule has 2 rings (SSSR count). The molecule has 0 spiro atoms. The molecule has 0 bridgehead atoms. The number of nitrogen functional groups attached to an aromatic ring is 1. The Bertz CT molecular complexity index is 553. The molecule has 1 heterocycles. The predicted octanol–water partition coefficient (Wildman–Crippen LogP) is 3.65. The minimum absolute atomic E-state index is 0.0222. The number of piperidine rings is 1. The summed E-state index contributed by atoms with van der Waals surface area (Å²) in [6, 6.07) is 7.54. The highest BCUT2D eigenvalue weighted by Crippen LogP contribution is 2.39. The number of amides is 2. The van der Waals surface area contributed by atoms with Crippen LogP contribution in [0.3, 0.4) is 0 Å². The molecule has 0 saturated carbocycles. The molecule has 1 atom stereocenters. The van der Waals surface area contributed by atoms with Crippen molar-refractivity contribution in [1.82, 2.24) is 4.90 Å². The second-order valence-electron chi connectivity index (χ2n) is 6.47. The number of benzene rings is 1. The molecule has 1 aromatic carbocycles. The lowest BCUT2D eigenvalue weighted by Gasteiger charge is -2.40. The van der Waals surface area contributed by atoms with Crippen LogP contribution in [0.4, 0.5) is 5.69 Å². The Labute approximate surface area is 139 Å². The topological polar surface area (TPSA) is 63.4 Å². The fourth-order valence-corrected chi connectivity index (χ4v) is 3.46. The second kappa shape index (κ2) is 7.62. The van der Waals surface area contributed by atoms with Crippen LogP contribution in [0.5, 0.6) is 0 Å². The number of imide groups is 1. The molecule has 0 aliphatic carbocycles. The maximum absolute atomic E-state index is 13.1. The number of anilines is 1. The molecule has 1 aliphatic heterocycles.